The number of carbonyl (C=O) groups is 2. The molecule has 1 aromatic carbocycles. The maximum absolute atomic E-state index is 14.2. The number of nitrogens with zero attached hydrogens (tertiary/aromatic N) is 1. The van der Waals surface area contributed by atoms with E-state index in [1.165, 1.54) is 6.42 Å². The lowest BCUT2D eigenvalue weighted by molar-refractivity contribution is -0.159. The van der Waals surface area contributed by atoms with Crippen LogP contribution in [-0.4, -0.2) is 71.0 Å². The summed E-state index contributed by atoms with van der Waals surface area (Å²) in [5.41, 5.74) is 0.837. The fourth-order valence-corrected chi connectivity index (χ4v) is 5.31. The molecular formula is C26H39NO7. The molecule has 0 bridgehead atoms. The number of amides is 1. The van der Waals surface area contributed by atoms with E-state index in [1.54, 1.807) is 33.3 Å². The Labute approximate surface area is 202 Å². The first-order valence-electron chi connectivity index (χ1n) is 12.3. The highest BCUT2D eigenvalue weighted by Gasteiger charge is 2.40. The van der Waals surface area contributed by atoms with E-state index in [-0.39, 0.29) is 30.3 Å². The molecule has 0 N–H and O–H groups in total. The average Bonchev–Trinajstić information content (AvgIpc) is 2.88. The van der Waals surface area contributed by atoms with Crippen molar-refractivity contribution in [2.45, 2.75) is 63.3 Å². The number of piperidine rings is 1. The Balaban J connectivity index is 1.97. The molecule has 1 saturated heterocycles. The Hall–Kier alpha value is -2.48. The average molecular weight is 478 g/mol. The van der Waals surface area contributed by atoms with Gasteiger partial charge in [-0.15, -0.1) is 0 Å². The van der Waals surface area contributed by atoms with Crippen molar-refractivity contribution in [1.29, 1.82) is 0 Å². The Morgan fingerprint density at radius 3 is 2.12 bits per heavy atom. The van der Waals surface area contributed by atoms with E-state index in [9.17, 15) is 9.59 Å². The molecule has 0 aromatic heterocycles. The fourth-order valence-electron chi connectivity index (χ4n) is 5.31. The van der Waals surface area contributed by atoms with Crippen molar-refractivity contribution in [3.8, 4) is 17.2 Å². The van der Waals surface area contributed by atoms with E-state index in [0.717, 1.165) is 44.1 Å². The van der Waals surface area contributed by atoms with E-state index in [0.29, 0.717) is 36.8 Å². The summed E-state index contributed by atoms with van der Waals surface area (Å²) in [6.07, 6.45) is 7.72. The predicted octanol–water partition coefficient (Wildman–Crippen LogP) is 3.95. The number of likely N-dealkylation sites (tertiary alicyclic amines) is 1. The monoisotopic (exact) mass is 477 g/mol. The van der Waals surface area contributed by atoms with Crippen LogP contribution in [0.4, 0.5) is 0 Å². The molecule has 2 fully saturated rings. The van der Waals surface area contributed by atoms with Gasteiger partial charge in [-0.05, 0) is 55.7 Å². The third kappa shape index (κ3) is 5.95. The molecular weight excluding hydrogens is 438 g/mol. The third-order valence-corrected chi connectivity index (χ3v) is 7.02. The van der Waals surface area contributed by atoms with Crippen molar-refractivity contribution in [2.24, 2.45) is 5.92 Å². The number of methoxy groups -OCH3 is 4. The molecule has 0 unspecified atom stereocenters. The Bertz CT molecular complexity index is 796. The molecule has 0 spiro atoms. The smallest absolute Gasteiger partial charge is 0.328 e. The number of hydrogen-bond donors (Lipinski definition) is 0. The summed E-state index contributed by atoms with van der Waals surface area (Å²) >= 11 is 0. The summed E-state index contributed by atoms with van der Waals surface area (Å²) in [5, 5.41) is 0. The second-order valence-electron chi connectivity index (χ2n) is 9.04. The number of carbonyl (C=O) groups excluding carboxylic acids is 2. The Morgan fingerprint density at radius 1 is 0.882 bits per heavy atom. The molecule has 1 aliphatic heterocycles. The summed E-state index contributed by atoms with van der Waals surface area (Å²) < 4.78 is 27.1. The molecule has 2 aliphatic rings. The molecule has 34 heavy (non-hydrogen) atoms. The van der Waals surface area contributed by atoms with Crippen molar-refractivity contribution in [3.05, 3.63) is 17.7 Å². The van der Waals surface area contributed by atoms with Crippen LogP contribution >= 0.6 is 0 Å². The van der Waals surface area contributed by atoms with Crippen molar-refractivity contribution in [1.82, 2.24) is 4.90 Å². The molecule has 8 nitrogen and oxygen atoms in total. The van der Waals surface area contributed by atoms with Gasteiger partial charge in [0.1, 0.15) is 12.6 Å². The van der Waals surface area contributed by atoms with Crippen molar-refractivity contribution < 1.29 is 33.3 Å². The van der Waals surface area contributed by atoms with Crippen molar-refractivity contribution in [2.75, 3.05) is 48.2 Å². The first-order chi connectivity index (χ1) is 16.5. The molecule has 1 saturated carbocycles. The van der Waals surface area contributed by atoms with Crippen molar-refractivity contribution in [3.63, 3.8) is 0 Å². The second kappa shape index (κ2) is 12.8. The maximum Gasteiger partial charge on any atom is 0.328 e. The zero-order valence-electron chi connectivity index (χ0n) is 21.0. The first kappa shape index (κ1) is 26.1. The highest BCUT2D eigenvalue weighted by atomic mass is 16.6. The molecule has 2 atom stereocenters. The lowest BCUT2D eigenvalue weighted by atomic mass is 9.75. The number of hydrogen-bond acceptors (Lipinski definition) is 7. The van der Waals surface area contributed by atoms with Crippen LogP contribution in [-0.2, 0) is 19.1 Å². The Kier molecular flexibility index (Phi) is 9.86. The SMILES string of the molecule is COCCOC(=O)[C@@H]1CCCCN1C(=O)[C@H](c1cc(OC)c(OC)c(OC)c1)C1CCCCC1. The summed E-state index contributed by atoms with van der Waals surface area (Å²) in [5.74, 6) is 0.991. The van der Waals surface area contributed by atoms with Crippen LogP contribution in [0.3, 0.4) is 0 Å². The first-order valence-corrected chi connectivity index (χ1v) is 12.3. The molecule has 3 rings (SSSR count). The fraction of sp³-hybridized carbons (Fsp3) is 0.692. The van der Waals surface area contributed by atoms with E-state index in [1.807, 2.05) is 12.1 Å². The Morgan fingerprint density at radius 2 is 1.53 bits per heavy atom. The number of esters is 1. The lowest BCUT2D eigenvalue weighted by Crippen LogP contribution is -2.51. The minimum Gasteiger partial charge on any atom is -0.493 e. The summed E-state index contributed by atoms with van der Waals surface area (Å²) in [7, 11) is 6.29. The number of benzene rings is 1. The highest BCUT2D eigenvalue weighted by Crippen LogP contribution is 2.45. The van der Waals surface area contributed by atoms with Gasteiger partial charge in [0.2, 0.25) is 11.7 Å². The van der Waals surface area contributed by atoms with Gasteiger partial charge in [0.25, 0.3) is 0 Å². The minimum absolute atomic E-state index is 0.0189. The van der Waals surface area contributed by atoms with Crippen LogP contribution in [0, 0.1) is 5.92 Å². The summed E-state index contributed by atoms with van der Waals surface area (Å²) in [6, 6.07) is 3.20. The van der Waals surface area contributed by atoms with Crippen LogP contribution in [0.2, 0.25) is 0 Å². The minimum atomic E-state index is -0.564. The van der Waals surface area contributed by atoms with Gasteiger partial charge < -0.3 is 28.6 Å². The lowest BCUT2D eigenvalue weighted by Gasteiger charge is -2.39. The van der Waals surface area contributed by atoms with Crippen LogP contribution in [0.25, 0.3) is 0 Å². The molecule has 1 aliphatic carbocycles. The normalized spacial score (nSPS) is 19.9. The predicted molar refractivity (Wildman–Crippen MR) is 128 cm³/mol. The molecule has 1 amide bonds. The van der Waals surface area contributed by atoms with E-state index < -0.39 is 6.04 Å². The molecule has 0 radical (unpaired) electrons. The van der Waals surface area contributed by atoms with Gasteiger partial charge >= 0.3 is 5.97 Å². The van der Waals surface area contributed by atoms with Gasteiger partial charge in [-0.1, -0.05) is 19.3 Å². The van der Waals surface area contributed by atoms with Crippen LogP contribution in [0.5, 0.6) is 17.2 Å². The second-order valence-corrected chi connectivity index (χ2v) is 9.04. The van der Waals surface area contributed by atoms with Gasteiger partial charge in [-0.2, -0.15) is 0 Å². The standard InChI is InChI=1S/C26H39NO7/c1-30-14-15-34-26(29)20-12-8-9-13-27(20)25(28)23(18-10-6-5-7-11-18)19-16-21(31-2)24(33-4)22(17-19)32-3/h16-18,20,23H,5-15H2,1-4H3/t20-,23-/m0/s1. The van der Waals surface area contributed by atoms with E-state index in [2.05, 4.69) is 0 Å². The maximum atomic E-state index is 14.2. The molecule has 1 aromatic rings. The number of rotatable bonds is 10. The topological polar surface area (TPSA) is 83.5 Å². The highest BCUT2D eigenvalue weighted by molar-refractivity contribution is 5.89. The number of ether oxygens (including phenoxy) is 5. The molecule has 190 valence electrons. The quantitative estimate of drug-likeness (QED) is 0.373. The van der Waals surface area contributed by atoms with Gasteiger partial charge in [0, 0.05) is 13.7 Å². The summed E-state index contributed by atoms with van der Waals surface area (Å²) in [6.45, 7) is 1.08. The van der Waals surface area contributed by atoms with Gasteiger partial charge in [-0.3, -0.25) is 4.79 Å². The third-order valence-electron chi connectivity index (χ3n) is 7.02. The largest absolute Gasteiger partial charge is 0.493 e. The van der Waals surface area contributed by atoms with E-state index >= 15 is 0 Å². The van der Waals surface area contributed by atoms with Gasteiger partial charge in [0.15, 0.2) is 11.5 Å². The van der Waals surface area contributed by atoms with Crippen LogP contribution in [0.15, 0.2) is 12.1 Å². The van der Waals surface area contributed by atoms with Gasteiger partial charge in [-0.25, -0.2) is 4.79 Å². The molecule has 8 heteroatoms. The summed E-state index contributed by atoms with van der Waals surface area (Å²) in [4.78, 5) is 28.8. The van der Waals surface area contributed by atoms with Crippen LogP contribution < -0.4 is 14.2 Å². The molecule has 1 heterocycles. The van der Waals surface area contributed by atoms with Crippen LogP contribution in [0.1, 0.15) is 62.8 Å². The van der Waals surface area contributed by atoms with E-state index in [4.69, 9.17) is 23.7 Å². The zero-order chi connectivity index (χ0) is 24.5. The zero-order valence-corrected chi connectivity index (χ0v) is 21.0. The van der Waals surface area contributed by atoms with Gasteiger partial charge in [0.05, 0.1) is 33.9 Å². The van der Waals surface area contributed by atoms with Crippen molar-refractivity contribution >= 4 is 11.9 Å².